The van der Waals surface area contributed by atoms with Crippen LogP contribution in [-0.2, 0) is 5.41 Å². The highest BCUT2D eigenvalue weighted by Gasteiger charge is 2.59. The Hall–Kier alpha value is -1.00. The second-order valence-electron chi connectivity index (χ2n) is 8.61. The number of benzene rings is 2. The molecule has 0 radical (unpaired) electrons. The maximum atomic E-state index is 10.8. The zero-order chi connectivity index (χ0) is 18.1. The van der Waals surface area contributed by atoms with Crippen molar-refractivity contribution >= 4 is 31.9 Å². The molecule has 2 aromatic rings. The van der Waals surface area contributed by atoms with Gasteiger partial charge in [0, 0.05) is 25.8 Å². The fourth-order valence-corrected chi connectivity index (χ4v) is 7.40. The van der Waals surface area contributed by atoms with Gasteiger partial charge in [0.2, 0.25) is 0 Å². The van der Waals surface area contributed by atoms with Gasteiger partial charge in [0.05, 0.1) is 0 Å². The van der Waals surface area contributed by atoms with E-state index in [9.17, 15) is 10.2 Å². The highest BCUT2D eigenvalue weighted by molar-refractivity contribution is 9.10. The van der Waals surface area contributed by atoms with Gasteiger partial charge in [0.15, 0.2) is 0 Å². The predicted octanol–water partition coefficient (Wildman–Crippen LogP) is 6.48. The van der Waals surface area contributed by atoms with E-state index in [-0.39, 0.29) is 11.3 Å². The van der Waals surface area contributed by atoms with Gasteiger partial charge in [-0.15, -0.1) is 0 Å². The lowest BCUT2D eigenvalue weighted by molar-refractivity contribution is -0.0296. The number of rotatable bonds is 2. The van der Waals surface area contributed by atoms with Gasteiger partial charge < -0.3 is 10.2 Å². The van der Waals surface area contributed by atoms with Crippen molar-refractivity contribution in [3.8, 4) is 11.5 Å². The molecular weight excluding hydrogens is 456 g/mol. The first kappa shape index (κ1) is 17.1. The summed E-state index contributed by atoms with van der Waals surface area (Å²) >= 11 is 7.21. The molecule has 4 saturated carbocycles. The third kappa shape index (κ3) is 2.48. The van der Waals surface area contributed by atoms with Gasteiger partial charge in [-0.3, -0.25) is 0 Å². The van der Waals surface area contributed by atoms with Gasteiger partial charge in [-0.2, -0.15) is 0 Å². The summed E-state index contributed by atoms with van der Waals surface area (Å²) in [6.45, 7) is 0. The van der Waals surface area contributed by atoms with E-state index >= 15 is 0 Å². The van der Waals surface area contributed by atoms with Crippen LogP contribution in [0.25, 0.3) is 0 Å². The van der Waals surface area contributed by atoms with Crippen molar-refractivity contribution in [1.29, 1.82) is 0 Å². The van der Waals surface area contributed by atoms with E-state index in [2.05, 4.69) is 44.0 Å². The zero-order valence-corrected chi connectivity index (χ0v) is 17.6. The fraction of sp³-hybridized carbons (Fsp3) is 0.455. The minimum absolute atomic E-state index is 0.0825. The fourth-order valence-electron chi connectivity index (χ4n) is 6.66. The third-order valence-corrected chi connectivity index (χ3v) is 8.12. The molecule has 2 aromatic carbocycles. The first-order valence-corrected chi connectivity index (χ1v) is 11.0. The maximum absolute atomic E-state index is 10.8. The molecule has 4 fully saturated rings. The second kappa shape index (κ2) is 6.00. The Labute approximate surface area is 170 Å². The minimum atomic E-state index is -0.0825. The van der Waals surface area contributed by atoms with Crippen molar-refractivity contribution < 1.29 is 10.2 Å². The molecule has 136 valence electrons. The minimum Gasteiger partial charge on any atom is -0.508 e. The van der Waals surface area contributed by atoms with Crippen LogP contribution >= 0.6 is 31.9 Å². The highest BCUT2D eigenvalue weighted by Crippen LogP contribution is 2.68. The molecule has 0 aromatic heterocycles. The molecule has 4 aliphatic carbocycles. The molecule has 0 amide bonds. The van der Waals surface area contributed by atoms with E-state index in [1.54, 1.807) is 6.07 Å². The summed E-state index contributed by atoms with van der Waals surface area (Å²) in [7, 11) is 0. The van der Waals surface area contributed by atoms with Crippen LogP contribution < -0.4 is 0 Å². The Morgan fingerprint density at radius 2 is 1.42 bits per heavy atom. The third-order valence-electron chi connectivity index (χ3n) is 7.13. The lowest BCUT2D eigenvalue weighted by Crippen LogP contribution is -2.53. The number of phenolic OH excluding ortho intramolecular Hbond substituents is 2. The van der Waals surface area contributed by atoms with E-state index < -0.39 is 0 Å². The van der Waals surface area contributed by atoms with E-state index in [4.69, 9.17) is 0 Å². The first-order chi connectivity index (χ1) is 12.5. The topological polar surface area (TPSA) is 40.5 Å². The Kier molecular flexibility index (Phi) is 3.95. The molecule has 2 nitrogen and oxygen atoms in total. The molecule has 0 spiro atoms. The van der Waals surface area contributed by atoms with Crippen LogP contribution in [0.4, 0.5) is 0 Å². The van der Waals surface area contributed by atoms with E-state index in [1.807, 2.05) is 18.2 Å². The lowest BCUT2D eigenvalue weighted by Gasteiger charge is -2.62. The van der Waals surface area contributed by atoms with Crippen LogP contribution in [0.1, 0.15) is 49.1 Å². The lowest BCUT2D eigenvalue weighted by atomic mass is 9.42. The average Bonchev–Trinajstić information content (AvgIpc) is 2.59. The molecule has 0 heterocycles. The molecule has 26 heavy (non-hydrogen) atoms. The van der Waals surface area contributed by atoms with E-state index in [0.717, 1.165) is 44.7 Å². The summed E-state index contributed by atoms with van der Waals surface area (Å²) in [4.78, 5) is 0. The van der Waals surface area contributed by atoms with Crippen LogP contribution in [0.3, 0.4) is 0 Å². The molecule has 3 unspecified atom stereocenters. The smallest absolute Gasteiger partial charge is 0.119 e. The Morgan fingerprint density at radius 1 is 0.808 bits per heavy atom. The average molecular weight is 478 g/mol. The summed E-state index contributed by atoms with van der Waals surface area (Å²) in [5.74, 6) is 3.12. The Bertz CT molecular complexity index is 864. The number of aromatic hydroxyl groups is 2. The monoisotopic (exact) mass is 476 g/mol. The molecule has 0 aliphatic heterocycles. The van der Waals surface area contributed by atoms with Crippen molar-refractivity contribution in [1.82, 2.24) is 0 Å². The quantitative estimate of drug-likeness (QED) is 0.519. The molecule has 4 heteroatoms. The normalized spacial score (nSPS) is 35.0. The van der Waals surface area contributed by atoms with Crippen LogP contribution in [0.2, 0.25) is 0 Å². The summed E-state index contributed by atoms with van der Waals surface area (Å²) in [6, 6.07) is 11.6. The van der Waals surface area contributed by atoms with Gasteiger partial charge in [0.25, 0.3) is 0 Å². The van der Waals surface area contributed by atoms with E-state index in [0.29, 0.717) is 17.4 Å². The molecule has 6 rings (SSSR count). The Balaban J connectivity index is 1.74. The van der Waals surface area contributed by atoms with Crippen molar-refractivity contribution in [3.05, 3.63) is 56.5 Å². The number of hydrogen-bond acceptors (Lipinski definition) is 2. The predicted molar refractivity (Wildman–Crippen MR) is 110 cm³/mol. The van der Waals surface area contributed by atoms with Crippen molar-refractivity contribution in [3.63, 3.8) is 0 Å². The zero-order valence-electron chi connectivity index (χ0n) is 14.5. The number of hydrogen-bond donors (Lipinski definition) is 2. The van der Waals surface area contributed by atoms with Crippen molar-refractivity contribution in [2.45, 2.75) is 43.4 Å². The molecular formula is C22H22Br2O2. The molecule has 3 atom stereocenters. The maximum Gasteiger partial charge on any atom is 0.119 e. The van der Waals surface area contributed by atoms with Gasteiger partial charge in [0.1, 0.15) is 11.5 Å². The SMILES string of the molecule is Oc1ccc(Br)cc1C1C2CC3CC(C2)CC1(c1cc(Br)ccc1O)C3. The van der Waals surface area contributed by atoms with Crippen LogP contribution in [-0.4, -0.2) is 10.2 Å². The van der Waals surface area contributed by atoms with Crippen LogP contribution in [0.15, 0.2) is 45.3 Å². The van der Waals surface area contributed by atoms with Gasteiger partial charge in [-0.05, 0) is 91.8 Å². The highest BCUT2D eigenvalue weighted by atomic mass is 79.9. The van der Waals surface area contributed by atoms with Crippen LogP contribution in [0.5, 0.6) is 11.5 Å². The molecule has 4 aliphatic rings. The van der Waals surface area contributed by atoms with Crippen molar-refractivity contribution in [2.75, 3.05) is 0 Å². The number of phenols is 2. The molecule has 4 bridgehead atoms. The van der Waals surface area contributed by atoms with Crippen LogP contribution in [0, 0.1) is 17.8 Å². The summed E-state index contributed by atoms with van der Waals surface area (Å²) in [5.41, 5.74) is 2.03. The van der Waals surface area contributed by atoms with E-state index in [1.165, 1.54) is 19.3 Å². The van der Waals surface area contributed by atoms with Gasteiger partial charge in [-0.1, -0.05) is 31.9 Å². The standard InChI is InChI=1S/C22H22Br2O2/c23-15-1-3-19(25)17(8-15)21-14-6-12-5-13(7-14)11-22(21,10-12)18-9-16(24)2-4-20(18)26/h1-4,8-9,12-14,21,25-26H,5-7,10-11H2. The Morgan fingerprint density at radius 3 is 2.12 bits per heavy atom. The largest absolute Gasteiger partial charge is 0.508 e. The van der Waals surface area contributed by atoms with Gasteiger partial charge >= 0.3 is 0 Å². The summed E-state index contributed by atoms with van der Waals surface area (Å²) in [6.07, 6.45) is 6.07. The second-order valence-corrected chi connectivity index (χ2v) is 10.4. The van der Waals surface area contributed by atoms with Gasteiger partial charge in [-0.25, -0.2) is 0 Å². The molecule has 2 N–H and O–H groups in total. The van der Waals surface area contributed by atoms with Crippen molar-refractivity contribution in [2.24, 2.45) is 17.8 Å². The first-order valence-electron chi connectivity index (χ1n) is 9.44. The summed E-state index contributed by atoms with van der Waals surface area (Å²) in [5, 5.41) is 21.5. The number of halogens is 2. The summed E-state index contributed by atoms with van der Waals surface area (Å²) < 4.78 is 2.02. The molecule has 0 saturated heterocycles.